The van der Waals surface area contributed by atoms with Crippen molar-refractivity contribution in [2.45, 2.75) is 45.7 Å². The van der Waals surface area contributed by atoms with Crippen molar-refractivity contribution in [3.63, 3.8) is 0 Å². The number of likely N-dealkylation sites (tertiary alicyclic amines) is 1. The van der Waals surface area contributed by atoms with Crippen LogP contribution in [0.4, 0.5) is 5.95 Å². The fraction of sp³-hybridized carbons (Fsp3) is 0.737. The molecule has 0 spiro atoms. The second kappa shape index (κ2) is 8.31. The summed E-state index contributed by atoms with van der Waals surface area (Å²) in [5.41, 5.74) is 0.966. The third-order valence-electron chi connectivity index (χ3n) is 5.18. The Kier molecular flexibility index (Phi) is 6.09. The van der Waals surface area contributed by atoms with Gasteiger partial charge in [0, 0.05) is 50.4 Å². The molecule has 1 aromatic heterocycles. The molecule has 1 aromatic rings. The van der Waals surface area contributed by atoms with Crippen LogP contribution < -0.4 is 10.2 Å². The quantitative estimate of drug-likeness (QED) is 0.851. The highest BCUT2D eigenvalue weighted by atomic mass is 16.5. The maximum atomic E-state index is 12.8. The summed E-state index contributed by atoms with van der Waals surface area (Å²) < 4.78 is 5.42. The predicted octanol–water partition coefficient (Wildman–Crippen LogP) is 1.26. The number of rotatable bonds is 5. The van der Waals surface area contributed by atoms with Crippen molar-refractivity contribution in [1.29, 1.82) is 0 Å². The molecule has 0 aromatic carbocycles. The number of anilines is 1. The molecule has 7 heteroatoms. The average molecular weight is 361 g/mol. The minimum atomic E-state index is -0.0766. The van der Waals surface area contributed by atoms with Crippen LogP contribution in [0.1, 0.15) is 39.3 Å². The monoisotopic (exact) mass is 361 g/mol. The van der Waals surface area contributed by atoms with Gasteiger partial charge < -0.3 is 15.0 Å². The van der Waals surface area contributed by atoms with Crippen LogP contribution in [-0.4, -0.2) is 72.3 Å². The van der Waals surface area contributed by atoms with Gasteiger partial charge in [-0.2, -0.15) is 0 Å². The number of morpholine rings is 1. The van der Waals surface area contributed by atoms with Crippen molar-refractivity contribution in [1.82, 2.24) is 20.2 Å². The lowest BCUT2D eigenvalue weighted by molar-refractivity contribution is -0.125. The van der Waals surface area contributed by atoms with Crippen molar-refractivity contribution in [3.8, 4) is 0 Å². The Morgan fingerprint density at radius 2 is 1.96 bits per heavy atom. The molecule has 2 fully saturated rings. The number of hydrogen-bond acceptors (Lipinski definition) is 6. The largest absolute Gasteiger partial charge is 0.378 e. The van der Waals surface area contributed by atoms with Crippen LogP contribution in [0.2, 0.25) is 0 Å². The SMILES string of the molecule is CC(C)NC(=O)[C@H]1CN(C(C)C)C[C@@H]1c1ccnc(N2CCOCC2)n1. The minimum Gasteiger partial charge on any atom is -0.378 e. The molecule has 3 rings (SSSR count). The zero-order valence-electron chi connectivity index (χ0n) is 16.3. The predicted molar refractivity (Wildman–Crippen MR) is 101 cm³/mol. The van der Waals surface area contributed by atoms with E-state index < -0.39 is 0 Å². The van der Waals surface area contributed by atoms with Crippen LogP contribution in [0.3, 0.4) is 0 Å². The normalized spacial score (nSPS) is 24.5. The van der Waals surface area contributed by atoms with E-state index in [0.717, 1.165) is 37.8 Å². The van der Waals surface area contributed by atoms with E-state index in [0.29, 0.717) is 19.3 Å². The highest BCUT2D eigenvalue weighted by Crippen LogP contribution is 2.33. The van der Waals surface area contributed by atoms with Gasteiger partial charge in [-0.3, -0.25) is 9.69 Å². The molecule has 1 amide bonds. The van der Waals surface area contributed by atoms with Gasteiger partial charge in [0.25, 0.3) is 0 Å². The van der Waals surface area contributed by atoms with Crippen molar-refractivity contribution >= 4 is 11.9 Å². The van der Waals surface area contributed by atoms with Gasteiger partial charge >= 0.3 is 0 Å². The molecule has 0 radical (unpaired) electrons. The van der Waals surface area contributed by atoms with Crippen LogP contribution in [-0.2, 0) is 9.53 Å². The van der Waals surface area contributed by atoms with Crippen molar-refractivity contribution in [3.05, 3.63) is 18.0 Å². The van der Waals surface area contributed by atoms with E-state index in [-0.39, 0.29) is 23.8 Å². The molecule has 1 N–H and O–H groups in total. The van der Waals surface area contributed by atoms with E-state index in [1.165, 1.54) is 0 Å². The molecule has 0 saturated carbocycles. The molecule has 3 heterocycles. The van der Waals surface area contributed by atoms with Gasteiger partial charge in [-0.25, -0.2) is 9.97 Å². The summed E-state index contributed by atoms with van der Waals surface area (Å²) in [6, 6.07) is 2.52. The van der Waals surface area contributed by atoms with E-state index in [1.54, 1.807) is 0 Å². The van der Waals surface area contributed by atoms with Crippen molar-refractivity contribution in [2.24, 2.45) is 5.92 Å². The molecule has 2 aliphatic heterocycles. The minimum absolute atomic E-state index is 0.0766. The van der Waals surface area contributed by atoms with Crippen LogP contribution in [0, 0.1) is 5.92 Å². The molecule has 7 nitrogen and oxygen atoms in total. The number of amides is 1. The Hall–Kier alpha value is -1.73. The van der Waals surface area contributed by atoms with Gasteiger partial charge in [0.2, 0.25) is 11.9 Å². The fourth-order valence-electron chi connectivity index (χ4n) is 3.70. The van der Waals surface area contributed by atoms with Gasteiger partial charge in [0.15, 0.2) is 0 Å². The first kappa shape index (κ1) is 19.0. The van der Waals surface area contributed by atoms with Crippen molar-refractivity contribution in [2.75, 3.05) is 44.3 Å². The van der Waals surface area contributed by atoms with E-state index in [4.69, 9.17) is 9.72 Å². The Morgan fingerprint density at radius 3 is 2.62 bits per heavy atom. The summed E-state index contributed by atoms with van der Waals surface area (Å²) in [6.45, 7) is 13.0. The summed E-state index contributed by atoms with van der Waals surface area (Å²) in [6.07, 6.45) is 1.82. The second-order valence-electron chi connectivity index (χ2n) is 7.80. The molecular formula is C19H31N5O2. The van der Waals surface area contributed by atoms with Crippen molar-refractivity contribution < 1.29 is 9.53 Å². The number of carbonyl (C=O) groups is 1. The molecule has 144 valence electrons. The number of nitrogens with one attached hydrogen (secondary N) is 1. The summed E-state index contributed by atoms with van der Waals surface area (Å²) >= 11 is 0. The van der Waals surface area contributed by atoms with Gasteiger partial charge in [-0.05, 0) is 33.8 Å². The topological polar surface area (TPSA) is 70.6 Å². The average Bonchev–Trinajstić information content (AvgIpc) is 3.08. The first-order valence-corrected chi connectivity index (χ1v) is 9.65. The van der Waals surface area contributed by atoms with Gasteiger partial charge in [-0.1, -0.05) is 0 Å². The Labute approximate surface area is 156 Å². The zero-order valence-corrected chi connectivity index (χ0v) is 16.3. The molecule has 2 aliphatic rings. The highest BCUT2D eigenvalue weighted by molar-refractivity contribution is 5.80. The lowest BCUT2D eigenvalue weighted by atomic mass is 9.91. The Morgan fingerprint density at radius 1 is 1.23 bits per heavy atom. The standard InChI is InChI=1S/C19H31N5O2/c1-13(2)21-18(25)16-12-24(14(3)4)11-15(16)17-5-6-20-19(22-17)23-7-9-26-10-8-23/h5-6,13-16H,7-12H2,1-4H3,(H,21,25)/t15-,16-/m0/s1. The number of nitrogens with zero attached hydrogens (tertiary/aromatic N) is 4. The summed E-state index contributed by atoms with van der Waals surface area (Å²) in [5, 5.41) is 3.09. The smallest absolute Gasteiger partial charge is 0.225 e. The molecule has 0 aliphatic carbocycles. The first-order valence-electron chi connectivity index (χ1n) is 9.65. The lowest BCUT2D eigenvalue weighted by Crippen LogP contribution is -2.39. The fourth-order valence-corrected chi connectivity index (χ4v) is 3.70. The third kappa shape index (κ3) is 4.32. The van der Waals surface area contributed by atoms with Crippen LogP contribution in [0.25, 0.3) is 0 Å². The van der Waals surface area contributed by atoms with E-state index in [1.807, 2.05) is 26.1 Å². The molecular weight excluding hydrogens is 330 g/mol. The van der Waals surface area contributed by atoms with E-state index in [2.05, 4.69) is 33.9 Å². The second-order valence-corrected chi connectivity index (χ2v) is 7.80. The molecule has 2 saturated heterocycles. The van der Waals surface area contributed by atoms with Gasteiger partial charge in [-0.15, -0.1) is 0 Å². The number of carbonyl (C=O) groups excluding carboxylic acids is 1. The lowest BCUT2D eigenvalue weighted by Gasteiger charge is -2.27. The molecule has 0 unspecified atom stereocenters. The van der Waals surface area contributed by atoms with Gasteiger partial charge in [0.05, 0.1) is 24.8 Å². The maximum absolute atomic E-state index is 12.8. The van der Waals surface area contributed by atoms with Gasteiger partial charge in [0.1, 0.15) is 0 Å². The summed E-state index contributed by atoms with van der Waals surface area (Å²) in [7, 11) is 0. The van der Waals surface area contributed by atoms with Crippen LogP contribution in [0.15, 0.2) is 12.3 Å². The van der Waals surface area contributed by atoms with E-state index >= 15 is 0 Å². The zero-order chi connectivity index (χ0) is 18.7. The molecule has 26 heavy (non-hydrogen) atoms. The van der Waals surface area contributed by atoms with E-state index in [9.17, 15) is 4.79 Å². The Balaban J connectivity index is 1.83. The Bertz CT molecular complexity index is 616. The number of aromatic nitrogens is 2. The summed E-state index contributed by atoms with van der Waals surface area (Å²) in [4.78, 5) is 26.6. The highest BCUT2D eigenvalue weighted by Gasteiger charge is 2.40. The number of hydrogen-bond donors (Lipinski definition) is 1. The number of ether oxygens (including phenoxy) is 1. The molecule has 2 atom stereocenters. The first-order chi connectivity index (χ1) is 12.5. The molecule has 0 bridgehead atoms. The third-order valence-corrected chi connectivity index (χ3v) is 5.18. The van der Waals surface area contributed by atoms with Crippen LogP contribution in [0.5, 0.6) is 0 Å². The maximum Gasteiger partial charge on any atom is 0.225 e. The van der Waals surface area contributed by atoms with Crippen LogP contribution >= 0.6 is 0 Å². The summed E-state index contributed by atoms with van der Waals surface area (Å²) in [5.74, 6) is 0.891.